The minimum atomic E-state index is -0.400. The summed E-state index contributed by atoms with van der Waals surface area (Å²) in [6.45, 7) is 4.75. The normalized spacial score (nSPS) is 16.9. The van der Waals surface area contributed by atoms with Gasteiger partial charge in [-0.2, -0.15) is 0 Å². The molecule has 3 aromatic rings. The van der Waals surface area contributed by atoms with Crippen LogP contribution in [0.4, 0.5) is 23.0 Å². The van der Waals surface area contributed by atoms with Crippen LogP contribution in [0.2, 0.25) is 0 Å². The van der Waals surface area contributed by atoms with E-state index in [9.17, 15) is 10.1 Å². The largest absolute Gasteiger partial charge is 0.353 e. The van der Waals surface area contributed by atoms with Crippen molar-refractivity contribution in [3.8, 4) is 0 Å². The Labute approximate surface area is 162 Å². The van der Waals surface area contributed by atoms with Crippen molar-refractivity contribution in [2.24, 2.45) is 0 Å². The van der Waals surface area contributed by atoms with E-state index in [1.807, 2.05) is 42.2 Å². The van der Waals surface area contributed by atoms with Gasteiger partial charge in [-0.15, -0.1) is 0 Å². The van der Waals surface area contributed by atoms with Crippen LogP contribution in [0.3, 0.4) is 0 Å². The summed E-state index contributed by atoms with van der Waals surface area (Å²) in [4.78, 5) is 26.6. The van der Waals surface area contributed by atoms with Crippen molar-refractivity contribution in [2.75, 3.05) is 16.8 Å². The van der Waals surface area contributed by atoms with Crippen LogP contribution in [0.15, 0.2) is 36.7 Å². The Balaban J connectivity index is 1.80. The van der Waals surface area contributed by atoms with Crippen LogP contribution in [-0.2, 0) is 0 Å². The molecule has 0 bridgehead atoms. The highest BCUT2D eigenvalue weighted by Gasteiger charge is 2.31. The number of rotatable bonds is 4. The van der Waals surface area contributed by atoms with Crippen molar-refractivity contribution in [3.63, 3.8) is 0 Å². The maximum atomic E-state index is 11.9. The summed E-state index contributed by atoms with van der Waals surface area (Å²) < 4.78 is 0. The zero-order chi connectivity index (χ0) is 19.7. The van der Waals surface area contributed by atoms with Gasteiger partial charge < -0.3 is 10.2 Å². The molecule has 0 amide bonds. The highest BCUT2D eigenvalue weighted by Crippen LogP contribution is 2.37. The Morgan fingerprint density at radius 2 is 2.07 bits per heavy atom. The number of hydrogen-bond donors (Lipinski definition) is 1. The quantitative estimate of drug-likeness (QED) is 0.532. The van der Waals surface area contributed by atoms with Gasteiger partial charge >= 0.3 is 5.69 Å². The van der Waals surface area contributed by atoms with Crippen LogP contribution < -0.4 is 10.2 Å². The standard InChI is InChI=1S/C20H22N6O2/c1-13-9-10-15-7-5-8-16(17(15)23-13)24-19-18(26(27)28)20(22-12-21-19)25-11-4-3-6-14(25)2/h5,7-10,12,14H,3-4,6,11H2,1-2H3,(H,21,22,24). The molecule has 0 aliphatic carbocycles. The number of aryl methyl sites for hydroxylation is 1. The van der Waals surface area contributed by atoms with Crippen LogP contribution in [0.25, 0.3) is 10.9 Å². The lowest BCUT2D eigenvalue weighted by Crippen LogP contribution is -2.38. The molecule has 8 nitrogen and oxygen atoms in total. The molecule has 1 atom stereocenters. The fourth-order valence-electron chi connectivity index (χ4n) is 3.73. The molecule has 28 heavy (non-hydrogen) atoms. The van der Waals surface area contributed by atoms with Crippen molar-refractivity contribution in [3.05, 3.63) is 52.5 Å². The summed E-state index contributed by atoms with van der Waals surface area (Å²) in [7, 11) is 0. The fourth-order valence-corrected chi connectivity index (χ4v) is 3.73. The SMILES string of the molecule is Cc1ccc2cccc(Nc3ncnc(N4CCCCC4C)c3[N+](=O)[O-])c2n1. The molecule has 1 N–H and O–H groups in total. The van der Waals surface area contributed by atoms with E-state index in [1.165, 1.54) is 6.33 Å². The van der Waals surface area contributed by atoms with E-state index in [-0.39, 0.29) is 17.5 Å². The predicted octanol–water partition coefficient (Wildman–Crippen LogP) is 4.36. The molecule has 4 rings (SSSR count). The molecule has 1 aliphatic heterocycles. The van der Waals surface area contributed by atoms with Crippen molar-refractivity contribution < 1.29 is 4.92 Å². The number of benzene rings is 1. The van der Waals surface area contributed by atoms with Gasteiger partial charge in [0.15, 0.2) is 0 Å². The second kappa shape index (κ2) is 7.38. The van der Waals surface area contributed by atoms with Crippen LogP contribution >= 0.6 is 0 Å². The Hall–Kier alpha value is -3.29. The van der Waals surface area contributed by atoms with Crippen molar-refractivity contribution >= 4 is 33.9 Å². The third-order valence-electron chi connectivity index (χ3n) is 5.17. The predicted molar refractivity (Wildman–Crippen MR) is 109 cm³/mol. The molecule has 1 fully saturated rings. The second-order valence-corrected chi connectivity index (χ2v) is 7.14. The first-order valence-corrected chi connectivity index (χ1v) is 9.44. The lowest BCUT2D eigenvalue weighted by Gasteiger charge is -2.33. The number of fused-ring (bicyclic) bond motifs is 1. The Morgan fingerprint density at radius 3 is 2.86 bits per heavy atom. The number of aromatic nitrogens is 3. The van der Waals surface area contributed by atoms with E-state index in [4.69, 9.17) is 0 Å². The third kappa shape index (κ3) is 3.33. The maximum Gasteiger partial charge on any atom is 0.353 e. The number of nitrogens with one attached hydrogen (secondary N) is 1. The van der Waals surface area contributed by atoms with Crippen LogP contribution in [-0.4, -0.2) is 32.5 Å². The molecule has 3 heterocycles. The van der Waals surface area contributed by atoms with Gasteiger partial charge in [-0.3, -0.25) is 15.1 Å². The van der Waals surface area contributed by atoms with Gasteiger partial charge in [0.2, 0.25) is 11.6 Å². The molecular formula is C20H22N6O2. The summed E-state index contributed by atoms with van der Waals surface area (Å²) in [5.74, 6) is 0.558. The minimum Gasteiger partial charge on any atom is -0.348 e. The summed E-state index contributed by atoms with van der Waals surface area (Å²) in [5, 5.41) is 16.0. The number of hydrogen-bond acceptors (Lipinski definition) is 7. The number of piperidine rings is 1. The van der Waals surface area contributed by atoms with Gasteiger partial charge in [0.1, 0.15) is 6.33 Å². The monoisotopic (exact) mass is 378 g/mol. The highest BCUT2D eigenvalue weighted by atomic mass is 16.6. The lowest BCUT2D eigenvalue weighted by atomic mass is 10.0. The average molecular weight is 378 g/mol. The average Bonchev–Trinajstić information content (AvgIpc) is 2.68. The molecule has 1 aromatic carbocycles. The zero-order valence-corrected chi connectivity index (χ0v) is 15.9. The summed E-state index contributed by atoms with van der Waals surface area (Å²) in [5.41, 5.74) is 2.21. The van der Waals surface area contributed by atoms with Crippen LogP contribution in [0.5, 0.6) is 0 Å². The third-order valence-corrected chi connectivity index (χ3v) is 5.17. The van der Waals surface area contributed by atoms with E-state index in [1.54, 1.807) is 0 Å². The Morgan fingerprint density at radius 1 is 1.21 bits per heavy atom. The first-order chi connectivity index (χ1) is 13.5. The molecule has 144 valence electrons. The topological polar surface area (TPSA) is 97.1 Å². The summed E-state index contributed by atoms with van der Waals surface area (Å²) in [6.07, 6.45) is 4.51. The van der Waals surface area contributed by atoms with Gasteiger partial charge in [0.25, 0.3) is 0 Å². The minimum absolute atomic E-state index is 0.0964. The van der Waals surface area contributed by atoms with E-state index in [0.717, 1.165) is 42.4 Å². The highest BCUT2D eigenvalue weighted by molar-refractivity contribution is 5.93. The molecule has 0 spiro atoms. The van der Waals surface area contributed by atoms with E-state index in [2.05, 4.69) is 27.2 Å². The molecule has 8 heteroatoms. The van der Waals surface area contributed by atoms with Crippen LogP contribution in [0, 0.1) is 17.0 Å². The lowest BCUT2D eigenvalue weighted by molar-refractivity contribution is -0.383. The Bertz CT molecular complexity index is 1040. The van der Waals surface area contributed by atoms with E-state index < -0.39 is 4.92 Å². The van der Waals surface area contributed by atoms with Gasteiger partial charge in [0.05, 0.1) is 16.1 Å². The zero-order valence-electron chi connectivity index (χ0n) is 15.9. The van der Waals surface area contributed by atoms with Gasteiger partial charge in [-0.05, 0) is 45.2 Å². The van der Waals surface area contributed by atoms with E-state index >= 15 is 0 Å². The van der Waals surface area contributed by atoms with Gasteiger partial charge in [0, 0.05) is 23.7 Å². The number of para-hydroxylation sites is 1. The summed E-state index contributed by atoms with van der Waals surface area (Å²) >= 11 is 0. The number of anilines is 3. The van der Waals surface area contributed by atoms with E-state index in [0.29, 0.717) is 11.5 Å². The molecular weight excluding hydrogens is 356 g/mol. The number of nitro groups is 1. The Kier molecular flexibility index (Phi) is 4.77. The van der Waals surface area contributed by atoms with Crippen molar-refractivity contribution in [1.29, 1.82) is 0 Å². The first-order valence-electron chi connectivity index (χ1n) is 9.44. The molecule has 1 saturated heterocycles. The molecule has 0 saturated carbocycles. The number of pyridine rings is 1. The smallest absolute Gasteiger partial charge is 0.348 e. The van der Waals surface area contributed by atoms with Crippen molar-refractivity contribution in [2.45, 2.75) is 39.2 Å². The van der Waals surface area contributed by atoms with Crippen LogP contribution in [0.1, 0.15) is 31.9 Å². The second-order valence-electron chi connectivity index (χ2n) is 7.14. The molecule has 2 aromatic heterocycles. The summed E-state index contributed by atoms with van der Waals surface area (Å²) in [6, 6.07) is 9.83. The maximum absolute atomic E-state index is 11.9. The van der Waals surface area contributed by atoms with Gasteiger partial charge in [-0.25, -0.2) is 9.97 Å². The van der Waals surface area contributed by atoms with Gasteiger partial charge in [-0.1, -0.05) is 18.2 Å². The van der Waals surface area contributed by atoms with Crippen molar-refractivity contribution in [1.82, 2.24) is 15.0 Å². The number of nitrogens with zero attached hydrogens (tertiary/aromatic N) is 5. The molecule has 1 unspecified atom stereocenters. The molecule has 1 aliphatic rings. The first kappa shape index (κ1) is 18.1. The molecule has 0 radical (unpaired) electrons. The fraction of sp³-hybridized carbons (Fsp3) is 0.350.